The van der Waals surface area contributed by atoms with Gasteiger partial charge in [0.25, 0.3) is 5.91 Å². The Labute approximate surface area is 185 Å². The van der Waals surface area contributed by atoms with Gasteiger partial charge in [0.1, 0.15) is 0 Å². The van der Waals surface area contributed by atoms with Crippen molar-refractivity contribution in [2.75, 3.05) is 11.9 Å². The van der Waals surface area contributed by atoms with Crippen molar-refractivity contribution in [2.24, 2.45) is 10.7 Å². The highest BCUT2D eigenvalue weighted by atomic mass is 127. The average molecular weight is 494 g/mol. The lowest BCUT2D eigenvalue weighted by Crippen LogP contribution is -2.24. The zero-order chi connectivity index (χ0) is 19.6. The van der Waals surface area contributed by atoms with E-state index in [9.17, 15) is 4.79 Å². The molecule has 0 radical (unpaired) electrons. The smallest absolute Gasteiger partial charge is 0.251 e. The van der Waals surface area contributed by atoms with Crippen LogP contribution < -0.4 is 16.4 Å². The number of aliphatic imine (C=N–C) groups is 1. The second-order valence-electron chi connectivity index (χ2n) is 6.91. The number of guanidine groups is 1. The van der Waals surface area contributed by atoms with Crippen LogP contribution in [0.2, 0.25) is 0 Å². The van der Waals surface area contributed by atoms with Crippen LogP contribution in [-0.4, -0.2) is 18.4 Å². The fourth-order valence-corrected chi connectivity index (χ4v) is 2.58. The van der Waals surface area contributed by atoms with Gasteiger partial charge in [-0.3, -0.25) is 4.79 Å². The van der Waals surface area contributed by atoms with E-state index in [1.165, 1.54) is 5.56 Å². The van der Waals surface area contributed by atoms with Crippen molar-refractivity contribution in [3.63, 3.8) is 0 Å². The number of unbranched alkanes of at least 4 members (excludes halogenated alkanes) is 1. The third-order valence-corrected chi connectivity index (χ3v) is 4.29. The number of halogens is 1. The number of hydrogen-bond donors (Lipinski definition) is 3. The zero-order valence-electron chi connectivity index (χ0n) is 16.9. The molecule has 0 unspecified atom stereocenters. The van der Waals surface area contributed by atoms with Crippen LogP contribution in [0.25, 0.3) is 0 Å². The van der Waals surface area contributed by atoms with Gasteiger partial charge in [-0.25, -0.2) is 4.99 Å². The lowest BCUT2D eigenvalue weighted by Gasteiger charge is -2.10. The maximum Gasteiger partial charge on any atom is 0.251 e. The van der Waals surface area contributed by atoms with E-state index in [4.69, 9.17) is 5.73 Å². The number of carbonyl (C=O) groups is 1. The van der Waals surface area contributed by atoms with Crippen LogP contribution in [0, 0.1) is 0 Å². The number of carbonyl (C=O) groups excluding carboxylic acids is 1. The third kappa shape index (κ3) is 7.88. The van der Waals surface area contributed by atoms with Gasteiger partial charge in [0.15, 0.2) is 5.96 Å². The summed E-state index contributed by atoms with van der Waals surface area (Å²) in [6.07, 6.45) is 2.05. The van der Waals surface area contributed by atoms with Crippen LogP contribution in [0.15, 0.2) is 53.5 Å². The summed E-state index contributed by atoms with van der Waals surface area (Å²) in [5, 5.41) is 6.04. The van der Waals surface area contributed by atoms with Crippen LogP contribution in [-0.2, 0) is 6.54 Å². The molecule has 152 valence electrons. The fraction of sp³-hybridized carbons (Fsp3) is 0.364. The number of nitrogens with zero attached hydrogens (tertiary/aromatic N) is 1. The van der Waals surface area contributed by atoms with E-state index >= 15 is 0 Å². The molecule has 5 nitrogen and oxygen atoms in total. The molecule has 6 heteroatoms. The quantitative estimate of drug-likeness (QED) is 0.212. The first-order valence-electron chi connectivity index (χ1n) is 9.53. The highest BCUT2D eigenvalue weighted by Gasteiger charge is 2.05. The van der Waals surface area contributed by atoms with Crippen molar-refractivity contribution in [2.45, 2.75) is 46.1 Å². The van der Waals surface area contributed by atoms with Gasteiger partial charge < -0.3 is 16.4 Å². The molecule has 0 bridgehead atoms. The molecule has 2 aromatic carbocycles. The summed E-state index contributed by atoms with van der Waals surface area (Å²) in [6, 6.07) is 15.6. The lowest BCUT2D eigenvalue weighted by molar-refractivity contribution is 0.0953. The highest BCUT2D eigenvalue weighted by Crippen LogP contribution is 2.18. The van der Waals surface area contributed by atoms with Crippen LogP contribution in [0.1, 0.15) is 61.0 Å². The Morgan fingerprint density at radius 1 is 1.14 bits per heavy atom. The SMILES string of the molecule is CCCCNC(=O)c1ccc(CN=C(N)Nc2cccc(C(C)C)c2)cc1.I. The highest BCUT2D eigenvalue weighted by molar-refractivity contribution is 14.0. The molecular formula is C22H31IN4O. The van der Waals surface area contributed by atoms with Crippen molar-refractivity contribution in [1.29, 1.82) is 0 Å². The van der Waals surface area contributed by atoms with Crippen LogP contribution >= 0.6 is 24.0 Å². The molecule has 0 aromatic heterocycles. The Morgan fingerprint density at radius 2 is 1.86 bits per heavy atom. The first kappa shape index (κ1) is 23.9. The first-order chi connectivity index (χ1) is 13.0. The zero-order valence-corrected chi connectivity index (χ0v) is 19.2. The molecule has 1 amide bonds. The maximum atomic E-state index is 12.0. The third-order valence-electron chi connectivity index (χ3n) is 4.29. The molecular weight excluding hydrogens is 463 g/mol. The molecule has 0 atom stereocenters. The standard InChI is InChI=1S/C22H30N4O.HI/c1-4-5-13-24-21(27)18-11-9-17(10-12-18)15-25-22(23)26-20-8-6-7-19(14-20)16(2)3;/h6-12,14,16H,4-5,13,15H2,1-3H3,(H,24,27)(H3,23,25,26);1H. The Morgan fingerprint density at radius 3 is 2.50 bits per heavy atom. The summed E-state index contributed by atoms with van der Waals surface area (Å²) in [5.41, 5.74) is 9.85. The number of amides is 1. The number of nitrogens with one attached hydrogen (secondary N) is 2. The van der Waals surface area contributed by atoms with E-state index < -0.39 is 0 Å². The van der Waals surface area contributed by atoms with Gasteiger partial charge >= 0.3 is 0 Å². The largest absolute Gasteiger partial charge is 0.370 e. The molecule has 0 aliphatic rings. The number of anilines is 1. The summed E-state index contributed by atoms with van der Waals surface area (Å²) in [5.74, 6) is 0.796. The number of benzene rings is 2. The average Bonchev–Trinajstić information content (AvgIpc) is 2.67. The van der Waals surface area contributed by atoms with Crippen molar-refractivity contribution >= 4 is 41.5 Å². The van der Waals surface area contributed by atoms with Crippen molar-refractivity contribution in [3.8, 4) is 0 Å². The van der Waals surface area contributed by atoms with Gasteiger partial charge in [-0.15, -0.1) is 24.0 Å². The van der Waals surface area contributed by atoms with Crippen molar-refractivity contribution < 1.29 is 4.79 Å². The minimum Gasteiger partial charge on any atom is -0.370 e. The predicted molar refractivity (Wildman–Crippen MR) is 129 cm³/mol. The molecule has 2 aromatic rings. The molecule has 0 saturated carbocycles. The first-order valence-corrected chi connectivity index (χ1v) is 9.53. The van der Waals surface area contributed by atoms with Gasteiger partial charge in [-0.2, -0.15) is 0 Å². The summed E-state index contributed by atoms with van der Waals surface area (Å²) in [7, 11) is 0. The van der Waals surface area contributed by atoms with E-state index in [2.05, 4.69) is 48.5 Å². The van der Waals surface area contributed by atoms with Crippen LogP contribution in [0.4, 0.5) is 5.69 Å². The van der Waals surface area contributed by atoms with Gasteiger partial charge in [0.05, 0.1) is 6.54 Å². The van der Waals surface area contributed by atoms with Crippen molar-refractivity contribution in [3.05, 3.63) is 65.2 Å². The minimum absolute atomic E-state index is 0. The second kappa shape index (κ2) is 12.4. The van der Waals surface area contributed by atoms with E-state index in [0.717, 1.165) is 24.1 Å². The number of nitrogens with two attached hydrogens (primary N) is 1. The van der Waals surface area contributed by atoms with Crippen molar-refractivity contribution in [1.82, 2.24) is 5.32 Å². The molecule has 4 N–H and O–H groups in total. The summed E-state index contributed by atoms with van der Waals surface area (Å²) in [4.78, 5) is 16.4. The molecule has 0 fully saturated rings. The molecule has 0 aliphatic carbocycles. The molecule has 0 aliphatic heterocycles. The van der Waals surface area contributed by atoms with E-state index in [1.807, 2.05) is 36.4 Å². The van der Waals surface area contributed by atoms with E-state index in [0.29, 0.717) is 30.5 Å². The van der Waals surface area contributed by atoms with Gasteiger partial charge in [-0.1, -0.05) is 51.5 Å². The molecule has 0 heterocycles. The minimum atomic E-state index is -0.0373. The summed E-state index contributed by atoms with van der Waals surface area (Å²) in [6.45, 7) is 7.58. The Bertz CT molecular complexity index is 772. The maximum absolute atomic E-state index is 12.0. The van der Waals surface area contributed by atoms with Gasteiger partial charge in [0.2, 0.25) is 0 Å². The molecule has 28 heavy (non-hydrogen) atoms. The van der Waals surface area contributed by atoms with Gasteiger partial charge in [0, 0.05) is 17.8 Å². The fourth-order valence-electron chi connectivity index (χ4n) is 2.58. The Balaban J connectivity index is 0.00000392. The normalized spacial score (nSPS) is 11.1. The molecule has 0 spiro atoms. The van der Waals surface area contributed by atoms with E-state index in [1.54, 1.807) is 0 Å². The Hall–Kier alpha value is -2.09. The lowest BCUT2D eigenvalue weighted by atomic mass is 10.0. The molecule has 0 saturated heterocycles. The van der Waals surface area contributed by atoms with E-state index in [-0.39, 0.29) is 29.9 Å². The molecule has 2 rings (SSSR count). The number of hydrogen-bond acceptors (Lipinski definition) is 2. The number of rotatable bonds is 8. The summed E-state index contributed by atoms with van der Waals surface area (Å²) >= 11 is 0. The van der Waals surface area contributed by atoms with Gasteiger partial charge in [-0.05, 0) is 47.7 Å². The predicted octanol–water partition coefficient (Wildman–Crippen LogP) is 4.88. The topological polar surface area (TPSA) is 79.5 Å². The van der Waals surface area contributed by atoms with Crippen LogP contribution in [0.3, 0.4) is 0 Å². The Kier molecular flexibility index (Phi) is 10.6. The summed E-state index contributed by atoms with van der Waals surface area (Å²) < 4.78 is 0. The second-order valence-corrected chi connectivity index (χ2v) is 6.91. The van der Waals surface area contributed by atoms with Crippen LogP contribution in [0.5, 0.6) is 0 Å². The monoisotopic (exact) mass is 494 g/mol.